The van der Waals surface area contributed by atoms with E-state index < -0.39 is 11.7 Å². The van der Waals surface area contributed by atoms with Gasteiger partial charge in [0.2, 0.25) is 0 Å². The average Bonchev–Trinajstić information content (AvgIpc) is 2.97. The largest absolute Gasteiger partial charge is 0.416 e. The Morgan fingerprint density at radius 3 is 1.21 bits per heavy atom. The van der Waals surface area contributed by atoms with Crippen molar-refractivity contribution < 1.29 is 13.2 Å². The van der Waals surface area contributed by atoms with Crippen molar-refractivity contribution in [2.24, 2.45) is 0 Å². The molecule has 4 heteroatoms. The number of alkyl halides is 3. The zero-order valence-corrected chi connectivity index (χ0v) is 20.3. The van der Waals surface area contributed by atoms with E-state index in [4.69, 9.17) is 0 Å². The van der Waals surface area contributed by atoms with Gasteiger partial charge in [-0.15, -0.1) is 0 Å². The molecule has 5 aromatic carbocycles. The standard InChI is InChI=1S/C34H22F3N/c35-34(36,37)32-19-17-28(18-20-32)27-11-9-24(10-12-27)23-5-7-25(8-6-23)26-13-15-29(16-14-26)31-21-30-3-1-2-4-33(30)38-22-31/h1-22H. The number of nitrogens with zero attached hydrogens (tertiary/aromatic N) is 1. The molecule has 0 aliphatic rings. The Balaban J connectivity index is 1.18. The van der Waals surface area contributed by atoms with E-state index in [1.807, 2.05) is 48.7 Å². The number of benzene rings is 5. The highest BCUT2D eigenvalue weighted by Crippen LogP contribution is 2.32. The fourth-order valence-electron chi connectivity index (χ4n) is 4.65. The highest BCUT2D eigenvalue weighted by atomic mass is 19.4. The molecule has 1 heterocycles. The Morgan fingerprint density at radius 1 is 0.421 bits per heavy atom. The summed E-state index contributed by atoms with van der Waals surface area (Å²) in [4.78, 5) is 4.57. The van der Waals surface area contributed by atoms with E-state index >= 15 is 0 Å². The number of fused-ring (bicyclic) bond motifs is 1. The molecule has 0 aliphatic heterocycles. The molecule has 0 N–H and O–H groups in total. The molecule has 0 saturated carbocycles. The van der Waals surface area contributed by atoms with Gasteiger partial charge >= 0.3 is 6.18 Å². The van der Waals surface area contributed by atoms with Gasteiger partial charge in [0.05, 0.1) is 11.1 Å². The smallest absolute Gasteiger partial charge is 0.256 e. The monoisotopic (exact) mass is 501 g/mol. The second-order valence-corrected chi connectivity index (χ2v) is 9.22. The van der Waals surface area contributed by atoms with Gasteiger partial charge in [0.15, 0.2) is 0 Å². The van der Waals surface area contributed by atoms with Crippen LogP contribution in [0.5, 0.6) is 0 Å². The van der Waals surface area contributed by atoms with Crippen LogP contribution in [-0.2, 0) is 6.18 Å². The van der Waals surface area contributed by atoms with Crippen LogP contribution in [0.4, 0.5) is 13.2 Å². The molecule has 0 unspecified atom stereocenters. The molecule has 0 fully saturated rings. The second-order valence-electron chi connectivity index (χ2n) is 9.22. The molecule has 1 aromatic heterocycles. The van der Waals surface area contributed by atoms with Gasteiger partial charge in [-0.3, -0.25) is 4.98 Å². The molecule has 38 heavy (non-hydrogen) atoms. The Morgan fingerprint density at radius 2 is 0.789 bits per heavy atom. The summed E-state index contributed by atoms with van der Waals surface area (Å²) >= 11 is 0. The lowest BCUT2D eigenvalue weighted by Crippen LogP contribution is -2.03. The molecule has 184 valence electrons. The highest BCUT2D eigenvalue weighted by Gasteiger charge is 2.29. The first-order valence-electron chi connectivity index (χ1n) is 12.3. The lowest BCUT2D eigenvalue weighted by Gasteiger charge is -2.09. The van der Waals surface area contributed by atoms with Gasteiger partial charge in [-0.1, -0.05) is 103 Å². The van der Waals surface area contributed by atoms with Crippen LogP contribution in [0.25, 0.3) is 55.4 Å². The Bertz CT molecular complexity index is 1700. The van der Waals surface area contributed by atoms with Crippen molar-refractivity contribution in [3.05, 3.63) is 139 Å². The van der Waals surface area contributed by atoms with Crippen LogP contribution in [0.3, 0.4) is 0 Å². The van der Waals surface area contributed by atoms with Crippen molar-refractivity contribution in [1.82, 2.24) is 4.98 Å². The molecule has 1 nitrogen and oxygen atoms in total. The Labute approximate surface area is 218 Å². The molecule has 0 atom stereocenters. The Kier molecular flexibility index (Phi) is 6.01. The van der Waals surface area contributed by atoms with E-state index in [-0.39, 0.29) is 0 Å². The lowest BCUT2D eigenvalue weighted by molar-refractivity contribution is -0.137. The summed E-state index contributed by atoms with van der Waals surface area (Å²) in [6.45, 7) is 0. The SMILES string of the molecule is FC(F)(F)c1ccc(-c2ccc(-c3ccc(-c4ccc(-c5cnc6ccccc6c5)cc4)cc3)cc2)cc1. The van der Waals surface area contributed by atoms with Gasteiger partial charge < -0.3 is 0 Å². The topological polar surface area (TPSA) is 12.9 Å². The maximum Gasteiger partial charge on any atom is 0.416 e. The van der Waals surface area contributed by atoms with E-state index in [9.17, 15) is 13.2 Å². The molecule has 6 rings (SSSR count). The molecule has 0 radical (unpaired) electrons. The normalized spacial score (nSPS) is 11.6. The molecule has 0 bridgehead atoms. The van der Waals surface area contributed by atoms with Crippen molar-refractivity contribution in [2.45, 2.75) is 6.18 Å². The number of pyridine rings is 1. The molecule has 0 amide bonds. The molecule has 6 aromatic rings. The first-order valence-corrected chi connectivity index (χ1v) is 12.3. The fraction of sp³-hybridized carbons (Fsp3) is 0.0294. The first-order chi connectivity index (χ1) is 18.4. The van der Waals surface area contributed by atoms with Gasteiger partial charge in [0.1, 0.15) is 0 Å². The van der Waals surface area contributed by atoms with Crippen LogP contribution in [0.15, 0.2) is 134 Å². The summed E-state index contributed by atoms with van der Waals surface area (Å²) in [5, 5.41) is 1.12. The van der Waals surface area contributed by atoms with E-state index in [2.05, 4.69) is 65.6 Å². The summed E-state index contributed by atoms with van der Waals surface area (Å²) in [5.74, 6) is 0. The fourth-order valence-corrected chi connectivity index (χ4v) is 4.65. The minimum Gasteiger partial charge on any atom is -0.256 e. The minimum absolute atomic E-state index is 0.640. The van der Waals surface area contributed by atoms with Gasteiger partial charge in [-0.2, -0.15) is 13.2 Å². The Hall–Kier alpha value is -4.70. The van der Waals surface area contributed by atoms with Crippen LogP contribution in [0.2, 0.25) is 0 Å². The van der Waals surface area contributed by atoms with Crippen LogP contribution in [0.1, 0.15) is 5.56 Å². The number of hydrogen-bond acceptors (Lipinski definition) is 1. The van der Waals surface area contributed by atoms with Crippen molar-refractivity contribution in [1.29, 1.82) is 0 Å². The first kappa shape index (κ1) is 23.7. The van der Waals surface area contributed by atoms with E-state index in [0.29, 0.717) is 0 Å². The van der Waals surface area contributed by atoms with Crippen molar-refractivity contribution in [2.75, 3.05) is 0 Å². The van der Waals surface area contributed by atoms with Gasteiger partial charge in [0.25, 0.3) is 0 Å². The predicted molar refractivity (Wildman–Crippen MR) is 148 cm³/mol. The van der Waals surface area contributed by atoms with E-state index in [1.165, 1.54) is 12.1 Å². The van der Waals surface area contributed by atoms with Crippen molar-refractivity contribution in [3.8, 4) is 44.5 Å². The van der Waals surface area contributed by atoms with Crippen molar-refractivity contribution in [3.63, 3.8) is 0 Å². The van der Waals surface area contributed by atoms with Crippen LogP contribution in [-0.4, -0.2) is 4.98 Å². The molecule has 0 spiro atoms. The zero-order chi connectivity index (χ0) is 26.1. The lowest BCUT2D eigenvalue weighted by atomic mass is 9.97. The minimum atomic E-state index is -4.33. The third-order valence-electron chi connectivity index (χ3n) is 6.79. The summed E-state index contributed by atoms with van der Waals surface area (Å²) in [6.07, 6.45) is -2.42. The van der Waals surface area contributed by atoms with Gasteiger partial charge in [-0.05, 0) is 63.2 Å². The number of rotatable bonds is 4. The van der Waals surface area contributed by atoms with E-state index in [0.717, 1.165) is 67.5 Å². The van der Waals surface area contributed by atoms with Gasteiger partial charge in [0, 0.05) is 17.1 Å². The maximum atomic E-state index is 12.8. The highest BCUT2D eigenvalue weighted by molar-refractivity contribution is 5.84. The quantitative estimate of drug-likeness (QED) is 0.234. The second kappa shape index (κ2) is 9.64. The predicted octanol–water partition coefficient (Wildman–Crippen LogP) is 9.92. The maximum absolute atomic E-state index is 12.8. The third-order valence-corrected chi connectivity index (χ3v) is 6.79. The molecular formula is C34H22F3N. The van der Waals surface area contributed by atoms with Crippen LogP contribution >= 0.6 is 0 Å². The number of halogens is 3. The zero-order valence-electron chi connectivity index (χ0n) is 20.3. The average molecular weight is 502 g/mol. The number of para-hydroxylation sites is 1. The number of hydrogen-bond donors (Lipinski definition) is 0. The molecule has 0 saturated heterocycles. The van der Waals surface area contributed by atoms with Crippen LogP contribution < -0.4 is 0 Å². The summed E-state index contributed by atoms with van der Waals surface area (Å²) in [6, 6.07) is 40.2. The van der Waals surface area contributed by atoms with Crippen LogP contribution in [0, 0.1) is 0 Å². The summed E-state index contributed by atoms with van der Waals surface area (Å²) < 4.78 is 38.5. The molecule has 0 aliphatic carbocycles. The molecular weight excluding hydrogens is 479 g/mol. The number of aromatic nitrogens is 1. The van der Waals surface area contributed by atoms with Crippen molar-refractivity contribution >= 4 is 10.9 Å². The van der Waals surface area contributed by atoms with Gasteiger partial charge in [-0.25, -0.2) is 0 Å². The third kappa shape index (κ3) is 4.81. The van der Waals surface area contributed by atoms with E-state index in [1.54, 1.807) is 0 Å². The summed E-state index contributed by atoms with van der Waals surface area (Å²) in [5.41, 5.74) is 8.56. The summed E-state index contributed by atoms with van der Waals surface area (Å²) in [7, 11) is 0.